The summed E-state index contributed by atoms with van der Waals surface area (Å²) >= 11 is 0. The van der Waals surface area contributed by atoms with Crippen molar-refractivity contribution >= 4 is 0 Å². The number of unbranched alkanes of at least 4 members (excludes halogenated alkanes) is 2. The predicted octanol–water partition coefficient (Wildman–Crippen LogP) is 6.42. The second kappa shape index (κ2) is 66.0. The van der Waals surface area contributed by atoms with Crippen LogP contribution in [0, 0.1) is 0 Å². The molecule has 0 amide bonds. The van der Waals surface area contributed by atoms with Gasteiger partial charge in [-0.1, -0.05) is 70.2 Å². The van der Waals surface area contributed by atoms with Crippen LogP contribution in [-0.4, -0.2) is 13.2 Å². The Labute approximate surface area is 103 Å². The minimum atomic E-state index is 0. The summed E-state index contributed by atoms with van der Waals surface area (Å²) in [5, 5.41) is 0. The van der Waals surface area contributed by atoms with Gasteiger partial charge in [0.2, 0.25) is 0 Å². The Kier molecular flexibility index (Phi) is 202. The first kappa shape index (κ1) is 46.0. The van der Waals surface area contributed by atoms with Crippen molar-refractivity contribution < 1.29 is 4.74 Å². The minimum absolute atomic E-state index is 0. The Morgan fingerprint density at radius 2 is 0.867 bits per heavy atom. The molecule has 0 aromatic rings. The van der Waals surface area contributed by atoms with E-state index >= 15 is 0 Å². The second-order valence-electron chi connectivity index (χ2n) is 2.14. The van der Waals surface area contributed by atoms with Gasteiger partial charge in [-0.05, 0) is 13.8 Å². The normalized spacial score (nSPS) is 5.60. The SMILES string of the molecule is C.C.C.C.C.CCCCC.CCOCC. The van der Waals surface area contributed by atoms with Crippen LogP contribution in [0.4, 0.5) is 0 Å². The maximum absolute atomic E-state index is 4.83. The molecule has 0 saturated heterocycles. The molecule has 0 aromatic heterocycles. The number of hydrogen-bond donors (Lipinski definition) is 0. The zero-order valence-corrected chi connectivity index (χ0v) is 7.94. The second-order valence-corrected chi connectivity index (χ2v) is 2.14. The molecule has 1 nitrogen and oxygen atoms in total. The maximum Gasteiger partial charge on any atom is 0.0437 e. The summed E-state index contributed by atoms with van der Waals surface area (Å²) in [6.07, 6.45) is 4.08. The Hall–Kier alpha value is -0.0400. The molecule has 104 valence electrons. The van der Waals surface area contributed by atoms with Gasteiger partial charge < -0.3 is 4.74 Å². The van der Waals surface area contributed by atoms with Gasteiger partial charge in [0.05, 0.1) is 0 Å². The fraction of sp³-hybridized carbons (Fsp3) is 1.00. The van der Waals surface area contributed by atoms with Crippen molar-refractivity contribution in [2.45, 2.75) is 84.1 Å². The van der Waals surface area contributed by atoms with Crippen molar-refractivity contribution in [3.63, 3.8) is 0 Å². The molecule has 0 unspecified atom stereocenters. The van der Waals surface area contributed by atoms with E-state index in [1.807, 2.05) is 13.8 Å². The van der Waals surface area contributed by atoms with E-state index in [0.717, 1.165) is 13.2 Å². The zero-order valence-electron chi connectivity index (χ0n) is 7.94. The van der Waals surface area contributed by atoms with Crippen LogP contribution in [0.5, 0.6) is 0 Å². The summed E-state index contributed by atoms with van der Waals surface area (Å²) in [6.45, 7) is 10.1. The number of rotatable bonds is 4. The summed E-state index contributed by atoms with van der Waals surface area (Å²) in [5.41, 5.74) is 0. The molecule has 0 N–H and O–H groups in total. The molecular formula is C14H42O. The smallest absolute Gasteiger partial charge is 0.0437 e. The van der Waals surface area contributed by atoms with Gasteiger partial charge in [0, 0.05) is 13.2 Å². The summed E-state index contributed by atoms with van der Waals surface area (Å²) in [6, 6.07) is 0. The molecule has 0 bridgehead atoms. The standard InChI is InChI=1S/C5H12.C4H10O.5CH4/c2*1-3-5-4-2;;;;;/h3-5H2,1-2H3;3-4H2,1-2H3;5*1H4. The molecule has 0 aliphatic rings. The maximum atomic E-state index is 4.83. The minimum Gasteiger partial charge on any atom is -0.382 e. The van der Waals surface area contributed by atoms with Crippen LogP contribution in [-0.2, 0) is 4.74 Å². The molecule has 1 heteroatoms. The quantitative estimate of drug-likeness (QED) is 0.537. The molecule has 0 fully saturated rings. The molecule has 0 spiro atoms. The topological polar surface area (TPSA) is 9.23 Å². The third kappa shape index (κ3) is 127. The van der Waals surface area contributed by atoms with Gasteiger partial charge in [0.15, 0.2) is 0 Å². The highest BCUT2D eigenvalue weighted by molar-refractivity contribution is 4.24. The van der Waals surface area contributed by atoms with Crippen LogP contribution in [0.2, 0.25) is 0 Å². The molecule has 0 radical (unpaired) electrons. The Balaban J connectivity index is -0.0000000128. The van der Waals surface area contributed by atoms with E-state index in [1.54, 1.807) is 0 Å². The molecule has 0 aliphatic heterocycles. The van der Waals surface area contributed by atoms with E-state index in [4.69, 9.17) is 4.74 Å². The number of hydrogen-bond acceptors (Lipinski definition) is 1. The highest BCUT2D eigenvalue weighted by atomic mass is 16.5. The Morgan fingerprint density at radius 1 is 0.600 bits per heavy atom. The van der Waals surface area contributed by atoms with Gasteiger partial charge in [-0.3, -0.25) is 0 Å². The summed E-state index contributed by atoms with van der Waals surface area (Å²) in [4.78, 5) is 0. The molecule has 15 heavy (non-hydrogen) atoms. The van der Waals surface area contributed by atoms with Gasteiger partial charge >= 0.3 is 0 Å². The first-order chi connectivity index (χ1) is 4.83. The Morgan fingerprint density at radius 3 is 0.867 bits per heavy atom. The number of ether oxygens (including phenoxy) is 1. The van der Waals surface area contributed by atoms with Crippen molar-refractivity contribution in [2.24, 2.45) is 0 Å². The van der Waals surface area contributed by atoms with Crippen LogP contribution in [0.3, 0.4) is 0 Å². The van der Waals surface area contributed by atoms with Crippen molar-refractivity contribution in [3.05, 3.63) is 0 Å². The molecule has 0 heterocycles. The van der Waals surface area contributed by atoms with Gasteiger partial charge in [0.25, 0.3) is 0 Å². The van der Waals surface area contributed by atoms with Crippen LogP contribution in [0.25, 0.3) is 0 Å². The van der Waals surface area contributed by atoms with E-state index < -0.39 is 0 Å². The van der Waals surface area contributed by atoms with E-state index in [2.05, 4.69) is 13.8 Å². The zero-order chi connectivity index (χ0) is 8.24. The lowest BCUT2D eigenvalue weighted by Gasteiger charge is -1.86. The average molecular weight is 226 g/mol. The van der Waals surface area contributed by atoms with Gasteiger partial charge in [-0.25, -0.2) is 0 Å². The van der Waals surface area contributed by atoms with Crippen molar-refractivity contribution in [1.82, 2.24) is 0 Å². The molecule has 0 atom stereocenters. The van der Waals surface area contributed by atoms with Crippen LogP contribution >= 0.6 is 0 Å². The third-order valence-electron chi connectivity index (χ3n) is 1.12. The first-order valence-electron chi connectivity index (χ1n) is 4.41. The van der Waals surface area contributed by atoms with Crippen molar-refractivity contribution in [1.29, 1.82) is 0 Å². The molecular weight excluding hydrogens is 184 g/mol. The van der Waals surface area contributed by atoms with E-state index in [-0.39, 0.29) is 37.1 Å². The summed E-state index contributed by atoms with van der Waals surface area (Å²) in [7, 11) is 0. The van der Waals surface area contributed by atoms with Crippen LogP contribution in [0.1, 0.15) is 84.1 Å². The Bertz CT molecular complexity index is 26.3. The van der Waals surface area contributed by atoms with Gasteiger partial charge in [-0.15, -0.1) is 0 Å². The molecule has 0 aromatic carbocycles. The monoisotopic (exact) mass is 226 g/mol. The van der Waals surface area contributed by atoms with Crippen LogP contribution in [0.15, 0.2) is 0 Å². The highest BCUT2D eigenvalue weighted by Gasteiger charge is 1.68. The molecule has 0 saturated carbocycles. The lowest BCUT2D eigenvalue weighted by Crippen LogP contribution is -1.84. The lowest BCUT2D eigenvalue weighted by atomic mass is 10.3. The fourth-order valence-electron chi connectivity index (χ4n) is 0.558. The fourth-order valence-corrected chi connectivity index (χ4v) is 0.558. The predicted molar refractivity (Wildman–Crippen MR) is 81.0 cm³/mol. The van der Waals surface area contributed by atoms with Crippen LogP contribution < -0.4 is 0 Å². The van der Waals surface area contributed by atoms with E-state index in [9.17, 15) is 0 Å². The molecule has 0 aliphatic carbocycles. The third-order valence-corrected chi connectivity index (χ3v) is 1.12. The van der Waals surface area contributed by atoms with Crippen molar-refractivity contribution in [3.8, 4) is 0 Å². The largest absolute Gasteiger partial charge is 0.382 e. The van der Waals surface area contributed by atoms with Gasteiger partial charge in [-0.2, -0.15) is 0 Å². The highest BCUT2D eigenvalue weighted by Crippen LogP contribution is 1.88. The summed E-state index contributed by atoms with van der Waals surface area (Å²) in [5.74, 6) is 0. The van der Waals surface area contributed by atoms with E-state index in [1.165, 1.54) is 19.3 Å². The van der Waals surface area contributed by atoms with Crippen molar-refractivity contribution in [2.75, 3.05) is 13.2 Å². The van der Waals surface area contributed by atoms with E-state index in [0.29, 0.717) is 0 Å². The summed E-state index contributed by atoms with van der Waals surface area (Å²) < 4.78 is 4.83. The molecule has 0 rings (SSSR count). The lowest BCUT2D eigenvalue weighted by molar-refractivity contribution is 0.162. The average Bonchev–Trinajstić information content (AvgIpc) is 1.93. The first-order valence-corrected chi connectivity index (χ1v) is 4.41. The van der Waals surface area contributed by atoms with Gasteiger partial charge in [0.1, 0.15) is 0 Å².